The van der Waals surface area contributed by atoms with Crippen molar-refractivity contribution in [2.45, 2.75) is 32.1 Å². The molecule has 1 saturated heterocycles. The summed E-state index contributed by atoms with van der Waals surface area (Å²) in [5.41, 5.74) is 1.23. The molecule has 7 nitrogen and oxygen atoms in total. The minimum Gasteiger partial charge on any atom is -0.497 e. The van der Waals surface area contributed by atoms with E-state index >= 15 is 0 Å². The van der Waals surface area contributed by atoms with E-state index in [0.717, 1.165) is 70.1 Å². The Bertz CT molecular complexity index is 617. The van der Waals surface area contributed by atoms with Gasteiger partial charge in [0.05, 0.1) is 14.2 Å². The van der Waals surface area contributed by atoms with E-state index in [-0.39, 0.29) is 29.9 Å². The van der Waals surface area contributed by atoms with Crippen LogP contribution in [0.25, 0.3) is 0 Å². The third-order valence-electron chi connectivity index (χ3n) is 5.05. The number of hydrogen-bond donors (Lipinski definition) is 1. The van der Waals surface area contributed by atoms with Gasteiger partial charge in [-0.1, -0.05) is 12.8 Å². The summed E-state index contributed by atoms with van der Waals surface area (Å²) >= 11 is 0. The Morgan fingerprint density at radius 2 is 1.69 bits per heavy atom. The molecule has 0 spiro atoms. The van der Waals surface area contributed by atoms with Crippen LogP contribution in [0.1, 0.15) is 32.1 Å². The lowest BCUT2D eigenvalue weighted by atomic mass is 10.1. The van der Waals surface area contributed by atoms with Gasteiger partial charge in [-0.25, -0.2) is 0 Å². The molecule has 1 aliphatic heterocycles. The highest BCUT2D eigenvalue weighted by atomic mass is 127. The number of methoxy groups -OCH3 is 2. The van der Waals surface area contributed by atoms with E-state index in [4.69, 9.17) is 4.74 Å². The number of esters is 1. The third kappa shape index (κ3) is 8.67. The highest BCUT2D eigenvalue weighted by Gasteiger charge is 2.19. The predicted octanol–water partition coefficient (Wildman–Crippen LogP) is 3.13. The fourth-order valence-electron chi connectivity index (χ4n) is 3.35. The van der Waals surface area contributed by atoms with Gasteiger partial charge in [0.25, 0.3) is 0 Å². The molecule has 29 heavy (non-hydrogen) atoms. The van der Waals surface area contributed by atoms with Crippen molar-refractivity contribution in [3.05, 3.63) is 24.3 Å². The Morgan fingerprint density at radius 1 is 1.03 bits per heavy atom. The summed E-state index contributed by atoms with van der Waals surface area (Å²) in [5, 5.41) is 3.47. The number of rotatable bonds is 9. The van der Waals surface area contributed by atoms with E-state index in [2.05, 4.69) is 37.0 Å². The van der Waals surface area contributed by atoms with Crippen LogP contribution >= 0.6 is 24.0 Å². The Labute approximate surface area is 191 Å². The van der Waals surface area contributed by atoms with Crippen LogP contribution in [0.3, 0.4) is 0 Å². The van der Waals surface area contributed by atoms with E-state index in [1.54, 1.807) is 7.11 Å². The summed E-state index contributed by atoms with van der Waals surface area (Å²) in [4.78, 5) is 20.2. The van der Waals surface area contributed by atoms with Crippen LogP contribution in [-0.4, -0.2) is 70.8 Å². The molecule has 0 aromatic heterocycles. The molecule has 0 saturated carbocycles. The number of piperazine rings is 1. The number of hydrogen-bond acceptors (Lipinski definition) is 5. The summed E-state index contributed by atoms with van der Waals surface area (Å²) in [5.74, 6) is 1.74. The van der Waals surface area contributed by atoms with Crippen LogP contribution in [0.15, 0.2) is 29.3 Å². The lowest BCUT2D eigenvalue weighted by Crippen LogP contribution is -2.52. The number of nitrogens with one attached hydrogen (secondary N) is 1. The number of aliphatic imine (C=N–C) groups is 1. The maximum Gasteiger partial charge on any atom is 0.305 e. The van der Waals surface area contributed by atoms with Crippen molar-refractivity contribution >= 4 is 41.6 Å². The topological polar surface area (TPSA) is 66.4 Å². The maximum absolute atomic E-state index is 11.1. The van der Waals surface area contributed by atoms with Crippen molar-refractivity contribution in [2.24, 2.45) is 4.99 Å². The summed E-state index contributed by atoms with van der Waals surface area (Å²) in [6.45, 7) is 4.75. The summed E-state index contributed by atoms with van der Waals surface area (Å²) in [6, 6.07) is 8.24. The van der Waals surface area contributed by atoms with Crippen LogP contribution < -0.4 is 15.0 Å². The van der Waals surface area contributed by atoms with Crippen molar-refractivity contribution in [3.63, 3.8) is 0 Å². The third-order valence-corrected chi connectivity index (χ3v) is 5.05. The molecule has 0 amide bonds. The van der Waals surface area contributed by atoms with Gasteiger partial charge in [-0.15, -0.1) is 24.0 Å². The molecule has 1 N–H and O–H groups in total. The SMILES string of the molecule is CN=C(NCCCCCCC(=O)OC)N1CCN(c2ccc(OC)cc2)CC1.I. The van der Waals surface area contributed by atoms with Crippen LogP contribution in [0.2, 0.25) is 0 Å². The first-order valence-electron chi connectivity index (χ1n) is 10.1. The zero-order chi connectivity index (χ0) is 20.2. The molecule has 1 heterocycles. The fraction of sp³-hybridized carbons (Fsp3) is 0.619. The van der Waals surface area contributed by atoms with Crippen molar-refractivity contribution in [3.8, 4) is 5.75 Å². The minimum atomic E-state index is -0.118. The molecule has 2 rings (SSSR count). The maximum atomic E-state index is 11.1. The lowest BCUT2D eigenvalue weighted by Gasteiger charge is -2.37. The first kappa shape index (κ1) is 25.3. The molecule has 0 bridgehead atoms. The number of guanidine groups is 1. The van der Waals surface area contributed by atoms with Crippen molar-refractivity contribution in [1.29, 1.82) is 0 Å². The Balaban J connectivity index is 0.00000420. The number of nitrogens with zero attached hydrogens (tertiary/aromatic N) is 3. The highest BCUT2D eigenvalue weighted by Crippen LogP contribution is 2.20. The molecule has 0 atom stereocenters. The Morgan fingerprint density at radius 3 is 2.28 bits per heavy atom. The number of carbonyl (C=O) groups excluding carboxylic acids is 1. The molecule has 0 unspecified atom stereocenters. The number of anilines is 1. The first-order valence-corrected chi connectivity index (χ1v) is 10.1. The average molecular weight is 518 g/mol. The fourth-order valence-corrected chi connectivity index (χ4v) is 3.35. The minimum absolute atomic E-state index is 0. The van der Waals surface area contributed by atoms with Crippen LogP contribution in [-0.2, 0) is 9.53 Å². The van der Waals surface area contributed by atoms with Gasteiger partial charge < -0.3 is 24.6 Å². The zero-order valence-corrected chi connectivity index (χ0v) is 20.2. The molecule has 0 radical (unpaired) electrons. The van der Waals surface area contributed by atoms with Crippen molar-refractivity contribution in [1.82, 2.24) is 10.2 Å². The number of halogens is 1. The second-order valence-electron chi connectivity index (χ2n) is 6.89. The van der Waals surface area contributed by atoms with E-state index in [9.17, 15) is 4.79 Å². The van der Waals surface area contributed by atoms with E-state index in [0.29, 0.717) is 6.42 Å². The molecule has 1 aliphatic rings. The molecular weight excluding hydrogens is 483 g/mol. The predicted molar refractivity (Wildman–Crippen MR) is 129 cm³/mol. The second-order valence-corrected chi connectivity index (χ2v) is 6.89. The average Bonchev–Trinajstić information content (AvgIpc) is 2.75. The second kappa shape index (κ2) is 14.3. The van der Waals surface area contributed by atoms with Gasteiger partial charge in [0.1, 0.15) is 5.75 Å². The number of carbonyl (C=O) groups is 1. The van der Waals surface area contributed by atoms with Crippen LogP contribution in [0, 0.1) is 0 Å². The normalized spacial score (nSPS) is 14.2. The molecule has 1 aromatic rings. The summed E-state index contributed by atoms with van der Waals surface area (Å²) in [7, 11) is 4.97. The molecule has 1 fully saturated rings. The monoisotopic (exact) mass is 518 g/mol. The number of ether oxygens (including phenoxy) is 2. The van der Waals surface area contributed by atoms with Gasteiger partial charge in [0.2, 0.25) is 0 Å². The Kier molecular flexibility index (Phi) is 12.5. The quantitative estimate of drug-likeness (QED) is 0.178. The lowest BCUT2D eigenvalue weighted by molar-refractivity contribution is -0.140. The number of unbranched alkanes of at least 4 members (excludes halogenated alkanes) is 3. The standard InChI is InChI=1S/C21H34N4O3.HI/c1-22-21(23-13-7-5-4-6-8-20(26)28-3)25-16-14-24(15-17-25)18-9-11-19(27-2)12-10-18;/h9-12H,4-8,13-17H2,1-3H3,(H,22,23);1H. The largest absolute Gasteiger partial charge is 0.497 e. The van der Waals surface area contributed by atoms with E-state index in [1.165, 1.54) is 12.8 Å². The molecular formula is C21H35IN4O3. The summed E-state index contributed by atoms with van der Waals surface area (Å²) in [6.07, 6.45) is 4.65. The van der Waals surface area contributed by atoms with Gasteiger partial charge in [0.15, 0.2) is 5.96 Å². The smallest absolute Gasteiger partial charge is 0.305 e. The first-order chi connectivity index (χ1) is 13.7. The van der Waals surface area contributed by atoms with E-state index in [1.807, 2.05) is 19.2 Å². The van der Waals surface area contributed by atoms with Gasteiger partial charge in [-0.3, -0.25) is 9.79 Å². The van der Waals surface area contributed by atoms with Gasteiger partial charge >= 0.3 is 5.97 Å². The molecule has 8 heteroatoms. The van der Waals surface area contributed by atoms with Crippen molar-refractivity contribution < 1.29 is 14.3 Å². The van der Waals surface area contributed by atoms with Gasteiger partial charge in [0, 0.05) is 51.9 Å². The number of benzene rings is 1. The van der Waals surface area contributed by atoms with Crippen molar-refractivity contribution in [2.75, 3.05) is 58.9 Å². The molecule has 164 valence electrons. The molecule has 1 aromatic carbocycles. The van der Waals surface area contributed by atoms with Crippen LogP contribution in [0.5, 0.6) is 5.75 Å². The van der Waals surface area contributed by atoms with Gasteiger partial charge in [-0.05, 0) is 37.1 Å². The van der Waals surface area contributed by atoms with Crippen LogP contribution in [0.4, 0.5) is 5.69 Å². The summed E-state index contributed by atoms with van der Waals surface area (Å²) < 4.78 is 9.89. The molecule has 0 aliphatic carbocycles. The van der Waals surface area contributed by atoms with E-state index < -0.39 is 0 Å². The highest BCUT2D eigenvalue weighted by molar-refractivity contribution is 14.0. The Hall–Kier alpha value is -1.71. The van der Waals surface area contributed by atoms with Gasteiger partial charge in [-0.2, -0.15) is 0 Å². The zero-order valence-electron chi connectivity index (χ0n) is 17.9.